The van der Waals surface area contributed by atoms with E-state index in [1.165, 1.54) is 21.5 Å². The summed E-state index contributed by atoms with van der Waals surface area (Å²) in [5, 5.41) is 4.87. The van der Waals surface area contributed by atoms with Crippen LogP contribution >= 0.6 is 0 Å². The van der Waals surface area contributed by atoms with Gasteiger partial charge in [-0.2, -0.15) is 0 Å². The molecular formula is C60H46O2. The van der Waals surface area contributed by atoms with Crippen LogP contribution in [-0.2, 0) is 0 Å². The summed E-state index contributed by atoms with van der Waals surface area (Å²) < 4.78 is 11.0. The molecule has 2 heteroatoms. The van der Waals surface area contributed by atoms with Crippen LogP contribution in [0.3, 0.4) is 0 Å². The van der Waals surface area contributed by atoms with Crippen LogP contribution < -0.4 is 9.47 Å². The second-order valence-corrected chi connectivity index (χ2v) is 15.3. The Kier molecular flexibility index (Phi) is 11.8. The lowest BCUT2D eigenvalue weighted by Crippen LogP contribution is -1.91. The van der Waals surface area contributed by atoms with Crippen LogP contribution in [0.1, 0.15) is 55.6 Å². The average Bonchev–Trinajstić information content (AvgIpc) is 3.34. The summed E-state index contributed by atoms with van der Waals surface area (Å²) in [6.45, 7) is 0. The molecule has 0 spiro atoms. The van der Waals surface area contributed by atoms with Crippen LogP contribution in [0.4, 0.5) is 0 Å². The van der Waals surface area contributed by atoms with Gasteiger partial charge in [-0.15, -0.1) is 0 Å². The van der Waals surface area contributed by atoms with Gasteiger partial charge in [0.2, 0.25) is 0 Å². The Morgan fingerprint density at radius 2 is 0.613 bits per heavy atom. The fourth-order valence-electron chi connectivity index (χ4n) is 8.02. The van der Waals surface area contributed by atoms with E-state index in [1.54, 1.807) is 14.2 Å². The van der Waals surface area contributed by atoms with Crippen LogP contribution in [0.2, 0.25) is 0 Å². The Balaban J connectivity index is 1.14. The largest absolute Gasteiger partial charge is 0.497 e. The highest BCUT2D eigenvalue weighted by Gasteiger charge is 2.11. The second-order valence-electron chi connectivity index (χ2n) is 15.3. The molecule has 0 aliphatic rings. The zero-order valence-electron chi connectivity index (χ0n) is 34.9. The van der Waals surface area contributed by atoms with E-state index in [0.717, 1.165) is 78.3 Å². The third kappa shape index (κ3) is 8.96. The first kappa shape index (κ1) is 39.5. The molecule has 298 valence electrons. The van der Waals surface area contributed by atoms with Crippen molar-refractivity contribution in [2.75, 3.05) is 14.2 Å². The van der Waals surface area contributed by atoms with E-state index in [2.05, 4.69) is 218 Å². The molecule has 0 aliphatic heterocycles. The highest BCUT2D eigenvalue weighted by Crippen LogP contribution is 2.33. The highest BCUT2D eigenvalue weighted by molar-refractivity contribution is 6.02. The maximum Gasteiger partial charge on any atom is 0.118 e. The molecule has 0 heterocycles. The molecule has 2 nitrogen and oxygen atoms in total. The average molecular weight is 799 g/mol. The van der Waals surface area contributed by atoms with Gasteiger partial charge in [0.25, 0.3) is 0 Å². The lowest BCUT2D eigenvalue weighted by molar-refractivity contribution is 0.414. The molecule has 9 rings (SSSR count). The first-order chi connectivity index (χ1) is 30.6. The molecule has 0 atom stereocenters. The molecule has 0 saturated heterocycles. The van der Waals surface area contributed by atoms with E-state index in [4.69, 9.17) is 9.47 Å². The number of benzene rings is 9. The quantitative estimate of drug-likeness (QED) is 0.0905. The van der Waals surface area contributed by atoms with Gasteiger partial charge in [-0.25, -0.2) is 0 Å². The normalized spacial score (nSPS) is 12.1. The Morgan fingerprint density at radius 1 is 0.290 bits per heavy atom. The van der Waals surface area contributed by atoms with Crippen molar-refractivity contribution in [2.45, 2.75) is 0 Å². The maximum atomic E-state index is 5.49. The van der Waals surface area contributed by atoms with E-state index in [-0.39, 0.29) is 0 Å². The van der Waals surface area contributed by atoms with Gasteiger partial charge in [-0.05, 0) is 149 Å². The summed E-state index contributed by atoms with van der Waals surface area (Å²) in [7, 11) is 3.40. The van der Waals surface area contributed by atoms with Crippen molar-refractivity contribution in [1.82, 2.24) is 0 Å². The molecule has 9 aromatic rings. The van der Waals surface area contributed by atoms with Crippen LogP contribution in [0.25, 0.3) is 69.1 Å². The van der Waals surface area contributed by atoms with Gasteiger partial charge in [0.1, 0.15) is 11.5 Å². The van der Waals surface area contributed by atoms with Crippen molar-refractivity contribution < 1.29 is 9.47 Å². The van der Waals surface area contributed by atoms with Gasteiger partial charge in [0.15, 0.2) is 0 Å². The zero-order valence-corrected chi connectivity index (χ0v) is 34.9. The third-order valence-electron chi connectivity index (χ3n) is 11.4. The molecule has 0 aromatic heterocycles. The fourth-order valence-corrected chi connectivity index (χ4v) is 8.02. The van der Waals surface area contributed by atoms with Crippen LogP contribution in [-0.4, -0.2) is 14.2 Å². The maximum absolute atomic E-state index is 5.49. The molecule has 62 heavy (non-hydrogen) atoms. The van der Waals surface area contributed by atoms with Gasteiger partial charge in [-0.1, -0.05) is 182 Å². The predicted octanol–water partition coefficient (Wildman–Crippen LogP) is 15.5. The number of methoxy groups -OCH3 is 2. The molecular weight excluding hydrogens is 753 g/mol. The van der Waals surface area contributed by atoms with E-state index in [9.17, 15) is 0 Å². The minimum atomic E-state index is 0.836. The first-order valence-corrected chi connectivity index (χ1v) is 21.0. The summed E-state index contributed by atoms with van der Waals surface area (Å²) >= 11 is 0. The van der Waals surface area contributed by atoms with E-state index >= 15 is 0 Å². The minimum Gasteiger partial charge on any atom is -0.497 e. The van der Waals surface area contributed by atoms with Crippen LogP contribution in [0.15, 0.2) is 206 Å². The molecule has 0 N–H and O–H groups in total. The number of fused-ring (bicyclic) bond motifs is 2. The van der Waals surface area contributed by atoms with E-state index < -0.39 is 0 Å². The van der Waals surface area contributed by atoms with Crippen molar-refractivity contribution >= 4 is 69.1 Å². The molecule has 0 bridgehead atoms. The summed E-state index contributed by atoms with van der Waals surface area (Å²) in [5.74, 6) is 1.67. The Hall–Kier alpha value is -7.94. The molecule has 0 fully saturated rings. The molecule has 0 radical (unpaired) electrons. The number of hydrogen-bond acceptors (Lipinski definition) is 2. The lowest BCUT2D eigenvalue weighted by Gasteiger charge is -2.12. The Labute approximate surface area is 364 Å². The van der Waals surface area contributed by atoms with Gasteiger partial charge >= 0.3 is 0 Å². The number of ether oxygens (including phenoxy) is 2. The van der Waals surface area contributed by atoms with E-state index in [0.29, 0.717) is 0 Å². The standard InChI is InChI=1S/C60H46O2/c1-61-57-33-29-47(30-34-57)59(45-17-5-3-6-18-45)41-51-23-11-9-15-43(51)25-27-53-39-55-37-49-21-13-14-22-50(49)38-56(55)40-54(53)28-26-44-16-10-12-24-52(44)42-60(46-19-7-4-8-20-46)48-31-35-58(62-2)36-32-48/h3-42H,1-2H3/b27-25?,28-26?,59-41-,60-42-. The Bertz CT molecular complexity index is 2880. The summed E-state index contributed by atoms with van der Waals surface area (Å²) in [5.41, 5.74) is 13.6. The predicted molar refractivity (Wildman–Crippen MR) is 265 cm³/mol. The minimum absolute atomic E-state index is 0.836. The highest BCUT2D eigenvalue weighted by atomic mass is 16.5. The molecule has 9 aromatic carbocycles. The molecule has 0 unspecified atom stereocenters. The lowest BCUT2D eigenvalue weighted by atomic mass is 9.93. The molecule has 0 amide bonds. The monoisotopic (exact) mass is 798 g/mol. The van der Waals surface area contributed by atoms with Gasteiger partial charge in [0, 0.05) is 0 Å². The van der Waals surface area contributed by atoms with Crippen molar-refractivity contribution in [2.24, 2.45) is 0 Å². The second kappa shape index (κ2) is 18.5. The fraction of sp³-hybridized carbons (Fsp3) is 0.0333. The smallest absolute Gasteiger partial charge is 0.118 e. The van der Waals surface area contributed by atoms with Crippen LogP contribution in [0, 0.1) is 0 Å². The zero-order chi connectivity index (χ0) is 42.1. The van der Waals surface area contributed by atoms with Crippen molar-refractivity contribution in [3.05, 3.63) is 262 Å². The van der Waals surface area contributed by atoms with E-state index in [1.807, 2.05) is 24.3 Å². The summed E-state index contributed by atoms with van der Waals surface area (Å²) in [6.07, 6.45) is 13.6. The number of rotatable bonds is 12. The topological polar surface area (TPSA) is 18.5 Å². The van der Waals surface area contributed by atoms with Crippen molar-refractivity contribution in [3.63, 3.8) is 0 Å². The first-order valence-electron chi connectivity index (χ1n) is 21.0. The summed E-state index contributed by atoms with van der Waals surface area (Å²) in [6, 6.07) is 72.8. The van der Waals surface area contributed by atoms with Crippen molar-refractivity contribution in [3.8, 4) is 11.5 Å². The van der Waals surface area contributed by atoms with Gasteiger partial charge in [-0.3, -0.25) is 0 Å². The van der Waals surface area contributed by atoms with Crippen molar-refractivity contribution in [1.29, 1.82) is 0 Å². The van der Waals surface area contributed by atoms with Gasteiger partial charge in [0.05, 0.1) is 14.2 Å². The molecule has 0 saturated carbocycles. The van der Waals surface area contributed by atoms with Crippen LogP contribution in [0.5, 0.6) is 11.5 Å². The summed E-state index contributed by atoms with van der Waals surface area (Å²) in [4.78, 5) is 0. The third-order valence-corrected chi connectivity index (χ3v) is 11.4. The van der Waals surface area contributed by atoms with Gasteiger partial charge < -0.3 is 9.47 Å². The Morgan fingerprint density at radius 3 is 1.00 bits per heavy atom. The number of hydrogen-bond donors (Lipinski definition) is 0. The molecule has 0 aliphatic carbocycles. The SMILES string of the molecule is COc1ccc(/C(=C\c2ccccc2C=Cc2cc3cc4ccccc4cc3cc2C=Cc2ccccc2/C=C(/c2ccccc2)c2ccc(OC)cc2)c2ccccc2)cc1.